The number of carbonyl (C=O) groups excluding carboxylic acids is 2. The molecule has 2 N–H and O–H groups in total. The molecule has 0 aliphatic heterocycles. The van der Waals surface area contributed by atoms with Crippen molar-refractivity contribution in [1.82, 2.24) is 10.6 Å². The van der Waals surface area contributed by atoms with Gasteiger partial charge in [-0.2, -0.15) is 0 Å². The lowest BCUT2D eigenvalue weighted by molar-refractivity contribution is -0.144. The molecule has 0 radical (unpaired) electrons. The van der Waals surface area contributed by atoms with Crippen LogP contribution in [0.4, 0.5) is 0 Å². The van der Waals surface area contributed by atoms with Crippen LogP contribution in [0.25, 0.3) is 0 Å². The van der Waals surface area contributed by atoms with Gasteiger partial charge in [-0.3, -0.25) is 9.59 Å². The first-order valence-corrected chi connectivity index (χ1v) is 7.24. The molecule has 0 saturated carbocycles. The van der Waals surface area contributed by atoms with Crippen molar-refractivity contribution < 1.29 is 14.3 Å². The molecular weight excluding hydrogens is 288 g/mol. The Bertz CT molecular complexity index is 491. The fourth-order valence-electron chi connectivity index (χ4n) is 1.70. The molecule has 0 saturated heterocycles. The molecule has 0 aliphatic rings. The third-order valence-corrected chi connectivity index (χ3v) is 2.98. The Morgan fingerprint density at radius 2 is 1.90 bits per heavy atom. The fourth-order valence-corrected chi connectivity index (χ4v) is 1.99. The molecule has 5 nitrogen and oxygen atoms in total. The number of nitrogens with one attached hydrogen (secondary N) is 2. The van der Waals surface area contributed by atoms with Gasteiger partial charge >= 0.3 is 5.97 Å². The highest BCUT2D eigenvalue weighted by molar-refractivity contribution is 7.80. The van der Waals surface area contributed by atoms with Crippen LogP contribution < -0.4 is 10.6 Å². The van der Waals surface area contributed by atoms with E-state index in [-0.39, 0.29) is 35.9 Å². The quantitative estimate of drug-likeness (QED) is 0.622. The second-order valence-corrected chi connectivity index (χ2v) is 4.87. The van der Waals surface area contributed by atoms with E-state index in [0.717, 1.165) is 5.56 Å². The molecule has 114 valence electrons. The van der Waals surface area contributed by atoms with Crippen LogP contribution in [0.1, 0.15) is 38.3 Å². The van der Waals surface area contributed by atoms with Crippen LogP contribution in [0.5, 0.6) is 0 Å². The zero-order valence-corrected chi connectivity index (χ0v) is 13.0. The van der Waals surface area contributed by atoms with Gasteiger partial charge in [-0.1, -0.05) is 30.3 Å². The van der Waals surface area contributed by atoms with Crippen molar-refractivity contribution in [3.05, 3.63) is 35.9 Å². The summed E-state index contributed by atoms with van der Waals surface area (Å²) in [6.45, 7) is 3.99. The molecule has 0 aromatic heterocycles. The fraction of sp³-hybridized carbons (Fsp3) is 0.400. The first-order chi connectivity index (χ1) is 10.0. The number of amides is 1. The van der Waals surface area contributed by atoms with Gasteiger partial charge in [0.15, 0.2) is 5.11 Å². The number of thiocarbonyl (C=S) groups is 1. The highest BCUT2D eigenvalue weighted by Crippen LogP contribution is 2.10. The normalized spacial score (nSPS) is 11.3. The molecule has 1 aromatic carbocycles. The smallest absolute Gasteiger partial charge is 0.306 e. The predicted octanol–water partition coefficient (Wildman–Crippen LogP) is 2.08. The van der Waals surface area contributed by atoms with Crippen LogP contribution in [-0.2, 0) is 14.3 Å². The van der Waals surface area contributed by atoms with Gasteiger partial charge in [0.2, 0.25) is 5.91 Å². The molecule has 1 unspecified atom stereocenters. The number of esters is 1. The van der Waals surface area contributed by atoms with E-state index < -0.39 is 0 Å². The zero-order valence-electron chi connectivity index (χ0n) is 12.2. The van der Waals surface area contributed by atoms with Gasteiger partial charge in [-0.25, -0.2) is 0 Å². The summed E-state index contributed by atoms with van der Waals surface area (Å²) in [5, 5.41) is 5.83. The van der Waals surface area contributed by atoms with E-state index in [2.05, 4.69) is 10.6 Å². The molecule has 6 heteroatoms. The first-order valence-electron chi connectivity index (χ1n) is 6.83. The van der Waals surface area contributed by atoms with Gasteiger partial charge in [0.05, 0.1) is 19.1 Å². The van der Waals surface area contributed by atoms with Gasteiger partial charge in [-0.15, -0.1) is 0 Å². The Balaban J connectivity index is 2.33. The SMILES string of the molecule is CCOC(=O)CCC(=O)NC(=S)NC(C)c1ccccc1. The summed E-state index contributed by atoms with van der Waals surface area (Å²) in [6.07, 6.45) is 0.108. The molecule has 1 atom stereocenters. The van der Waals surface area contributed by atoms with E-state index in [0.29, 0.717) is 6.61 Å². The van der Waals surface area contributed by atoms with Crippen LogP contribution in [-0.4, -0.2) is 23.6 Å². The second kappa shape index (κ2) is 9.07. The Hall–Kier alpha value is -1.95. The van der Waals surface area contributed by atoms with Crippen molar-refractivity contribution in [3.8, 4) is 0 Å². The summed E-state index contributed by atoms with van der Waals surface area (Å²) in [4.78, 5) is 22.8. The maximum atomic E-state index is 11.6. The van der Waals surface area contributed by atoms with Crippen molar-refractivity contribution in [2.75, 3.05) is 6.61 Å². The molecule has 0 spiro atoms. The number of benzene rings is 1. The summed E-state index contributed by atoms with van der Waals surface area (Å²) < 4.78 is 4.75. The third-order valence-electron chi connectivity index (χ3n) is 2.76. The van der Waals surface area contributed by atoms with E-state index in [9.17, 15) is 9.59 Å². The number of hydrogen-bond donors (Lipinski definition) is 2. The molecular formula is C15H20N2O3S. The Morgan fingerprint density at radius 1 is 1.24 bits per heavy atom. The van der Waals surface area contributed by atoms with Gasteiger partial charge in [0.25, 0.3) is 0 Å². The molecule has 0 bridgehead atoms. The first kappa shape index (κ1) is 17.1. The lowest BCUT2D eigenvalue weighted by Gasteiger charge is -2.16. The van der Waals surface area contributed by atoms with Gasteiger partial charge in [0, 0.05) is 6.42 Å². The monoisotopic (exact) mass is 308 g/mol. The minimum Gasteiger partial charge on any atom is -0.466 e. The summed E-state index contributed by atoms with van der Waals surface area (Å²) in [6, 6.07) is 9.75. The van der Waals surface area contributed by atoms with Gasteiger partial charge < -0.3 is 15.4 Å². The average molecular weight is 308 g/mol. The van der Waals surface area contributed by atoms with E-state index >= 15 is 0 Å². The molecule has 0 heterocycles. The predicted molar refractivity (Wildman–Crippen MR) is 84.6 cm³/mol. The second-order valence-electron chi connectivity index (χ2n) is 4.46. The third kappa shape index (κ3) is 6.85. The van der Waals surface area contributed by atoms with Crippen LogP contribution in [0.3, 0.4) is 0 Å². The Kier molecular flexibility index (Phi) is 7.39. The van der Waals surface area contributed by atoms with Crippen LogP contribution in [0.2, 0.25) is 0 Å². The summed E-state index contributed by atoms with van der Waals surface area (Å²) in [5.74, 6) is -0.690. The molecule has 1 aromatic rings. The van der Waals surface area contributed by atoms with E-state index in [1.54, 1.807) is 6.92 Å². The number of carbonyl (C=O) groups is 2. The van der Waals surface area contributed by atoms with Crippen molar-refractivity contribution >= 4 is 29.2 Å². The number of ether oxygens (including phenoxy) is 1. The highest BCUT2D eigenvalue weighted by Gasteiger charge is 2.11. The van der Waals surface area contributed by atoms with E-state index in [1.807, 2.05) is 37.3 Å². The van der Waals surface area contributed by atoms with Crippen LogP contribution >= 0.6 is 12.2 Å². The van der Waals surface area contributed by atoms with Gasteiger partial charge in [0.1, 0.15) is 0 Å². The molecule has 0 fully saturated rings. The summed E-state index contributed by atoms with van der Waals surface area (Å²) >= 11 is 5.08. The molecule has 0 aliphatic carbocycles. The lowest BCUT2D eigenvalue weighted by Crippen LogP contribution is -2.40. The maximum absolute atomic E-state index is 11.6. The van der Waals surface area contributed by atoms with Gasteiger partial charge in [-0.05, 0) is 31.6 Å². The highest BCUT2D eigenvalue weighted by atomic mass is 32.1. The lowest BCUT2D eigenvalue weighted by atomic mass is 10.1. The molecule has 1 rings (SSSR count). The van der Waals surface area contributed by atoms with E-state index in [4.69, 9.17) is 17.0 Å². The summed E-state index contributed by atoms with van der Waals surface area (Å²) in [5.41, 5.74) is 1.07. The summed E-state index contributed by atoms with van der Waals surface area (Å²) in [7, 11) is 0. The van der Waals surface area contributed by atoms with Crippen molar-refractivity contribution in [1.29, 1.82) is 0 Å². The Morgan fingerprint density at radius 3 is 2.52 bits per heavy atom. The van der Waals surface area contributed by atoms with Crippen molar-refractivity contribution in [2.24, 2.45) is 0 Å². The largest absolute Gasteiger partial charge is 0.466 e. The van der Waals surface area contributed by atoms with Crippen molar-refractivity contribution in [3.63, 3.8) is 0 Å². The molecule has 1 amide bonds. The number of hydrogen-bond acceptors (Lipinski definition) is 4. The maximum Gasteiger partial charge on any atom is 0.306 e. The average Bonchev–Trinajstić information content (AvgIpc) is 2.46. The minimum absolute atomic E-state index is 0.0101. The molecule has 21 heavy (non-hydrogen) atoms. The standard InChI is InChI=1S/C15H20N2O3S/c1-3-20-14(19)10-9-13(18)17-15(21)16-11(2)12-7-5-4-6-8-12/h4-8,11H,3,9-10H2,1-2H3,(H2,16,17,18,21). The van der Waals surface area contributed by atoms with E-state index in [1.165, 1.54) is 0 Å². The Labute approximate surface area is 130 Å². The zero-order chi connectivity index (χ0) is 15.7. The van der Waals surface area contributed by atoms with Crippen molar-refractivity contribution in [2.45, 2.75) is 32.7 Å². The topological polar surface area (TPSA) is 67.4 Å². The minimum atomic E-state index is -0.385. The number of rotatable bonds is 6. The van der Waals surface area contributed by atoms with Crippen LogP contribution in [0, 0.1) is 0 Å². The van der Waals surface area contributed by atoms with Crippen LogP contribution in [0.15, 0.2) is 30.3 Å².